The van der Waals surface area contributed by atoms with Crippen molar-refractivity contribution in [3.63, 3.8) is 0 Å². The second kappa shape index (κ2) is 8.09. The van der Waals surface area contributed by atoms with E-state index >= 15 is 0 Å². The molecule has 3 rings (SSSR count). The molecule has 0 aliphatic rings. The first kappa shape index (κ1) is 19.6. The van der Waals surface area contributed by atoms with Gasteiger partial charge in [-0.3, -0.25) is 0 Å². The Morgan fingerprint density at radius 2 is 0.875 bits per heavy atom. The van der Waals surface area contributed by atoms with Gasteiger partial charge in [-0.25, -0.2) is 0 Å². The minimum absolute atomic E-state index is 0. The molecular weight excluding hydrogens is 401 g/mol. The summed E-state index contributed by atoms with van der Waals surface area (Å²) in [6, 6.07) is 24.2. The Morgan fingerprint density at radius 1 is 0.583 bits per heavy atom. The van der Waals surface area contributed by atoms with Crippen molar-refractivity contribution in [3.8, 4) is 0 Å². The fourth-order valence-electron chi connectivity index (χ4n) is 2.71. The molecule has 3 aromatic carbocycles. The third-order valence-electron chi connectivity index (χ3n) is 3.97. The van der Waals surface area contributed by atoms with Crippen molar-refractivity contribution in [2.24, 2.45) is 0 Å². The van der Waals surface area contributed by atoms with Gasteiger partial charge >= 0.3 is 0 Å². The molecule has 5 heteroatoms. The highest BCUT2D eigenvalue weighted by Gasteiger charge is 2.40. The molecule has 0 saturated heterocycles. The monoisotopic (exact) mass is 414 g/mol. The highest BCUT2D eigenvalue weighted by Crippen LogP contribution is 2.52. The minimum atomic E-state index is -1.86. The Balaban J connectivity index is 0.00000208. The topological polar surface area (TPSA) is 0 Å². The molecule has 0 spiro atoms. The Kier molecular flexibility index (Phi) is 6.59. The first-order valence-corrected chi connectivity index (χ1v) is 10.5. The van der Waals surface area contributed by atoms with E-state index in [1.165, 1.54) is 15.9 Å². The van der Waals surface area contributed by atoms with Gasteiger partial charge in [0.2, 0.25) is 0 Å². The summed E-state index contributed by atoms with van der Waals surface area (Å²) in [6.45, 7) is 2.27. The van der Waals surface area contributed by atoms with Gasteiger partial charge in [-0.2, -0.15) is 0 Å². The van der Waals surface area contributed by atoms with Crippen molar-refractivity contribution >= 4 is 58.0 Å². The normalized spacial score (nSPS) is 11.0. The van der Waals surface area contributed by atoms with Gasteiger partial charge in [0.25, 0.3) is 0 Å². The maximum absolute atomic E-state index is 6.25. The molecule has 0 N–H and O–H groups in total. The molecule has 0 amide bonds. The van der Waals surface area contributed by atoms with Gasteiger partial charge in [-0.05, 0) is 54.6 Å². The molecule has 3 aromatic rings. The van der Waals surface area contributed by atoms with Gasteiger partial charge in [0, 0.05) is 15.1 Å². The van der Waals surface area contributed by atoms with E-state index in [4.69, 9.17) is 34.8 Å². The third-order valence-corrected chi connectivity index (χ3v) is 8.61. The predicted molar refractivity (Wildman–Crippen MR) is 106 cm³/mol. The van der Waals surface area contributed by atoms with Crippen LogP contribution in [0.25, 0.3) is 0 Å². The van der Waals surface area contributed by atoms with E-state index < -0.39 is 7.26 Å². The number of benzene rings is 3. The molecule has 0 aromatic heterocycles. The van der Waals surface area contributed by atoms with Gasteiger partial charge < -0.3 is 12.4 Å². The highest BCUT2D eigenvalue weighted by atomic mass is 35.5. The van der Waals surface area contributed by atoms with Gasteiger partial charge in [0.05, 0.1) is 6.66 Å². The summed E-state index contributed by atoms with van der Waals surface area (Å²) in [5.41, 5.74) is 0. The molecule has 0 heterocycles. The maximum Gasteiger partial charge on any atom is 0.109 e. The summed E-state index contributed by atoms with van der Waals surface area (Å²) >= 11 is 18.8. The quantitative estimate of drug-likeness (QED) is 0.577. The van der Waals surface area contributed by atoms with E-state index in [1.807, 2.05) is 54.6 Å². The van der Waals surface area contributed by atoms with Gasteiger partial charge in [0.15, 0.2) is 0 Å². The summed E-state index contributed by atoms with van der Waals surface area (Å²) in [5, 5.41) is 5.81. The SMILES string of the molecule is C[P+](c1cccc(Cl)c1)(c1cccc(Cl)c1)c1cccc(Cl)c1.[Cl-]. The second-order valence-electron chi connectivity index (χ2n) is 5.45. The van der Waals surface area contributed by atoms with Crippen LogP contribution >= 0.6 is 42.1 Å². The molecule has 124 valence electrons. The molecule has 0 nitrogen and oxygen atoms in total. The first-order valence-electron chi connectivity index (χ1n) is 7.15. The summed E-state index contributed by atoms with van der Waals surface area (Å²) in [6.07, 6.45) is 0. The highest BCUT2D eigenvalue weighted by molar-refractivity contribution is 7.95. The molecule has 0 atom stereocenters. The maximum atomic E-state index is 6.25. The largest absolute Gasteiger partial charge is 1.00 e. The van der Waals surface area contributed by atoms with E-state index in [0.717, 1.165) is 15.1 Å². The van der Waals surface area contributed by atoms with Crippen LogP contribution in [0.4, 0.5) is 0 Å². The molecule has 0 bridgehead atoms. The van der Waals surface area contributed by atoms with Crippen LogP contribution in [-0.2, 0) is 0 Å². The van der Waals surface area contributed by atoms with Crippen LogP contribution in [-0.4, -0.2) is 6.66 Å². The Hall–Kier alpha value is -0.750. The van der Waals surface area contributed by atoms with Crippen molar-refractivity contribution in [1.29, 1.82) is 0 Å². The molecular formula is C19H15Cl4P. The van der Waals surface area contributed by atoms with Crippen molar-refractivity contribution in [2.75, 3.05) is 6.66 Å². The van der Waals surface area contributed by atoms with Crippen molar-refractivity contribution < 1.29 is 12.4 Å². The van der Waals surface area contributed by atoms with E-state index in [2.05, 4.69) is 24.9 Å². The van der Waals surface area contributed by atoms with E-state index in [9.17, 15) is 0 Å². The lowest BCUT2D eigenvalue weighted by Crippen LogP contribution is -3.00. The third kappa shape index (κ3) is 3.90. The van der Waals surface area contributed by atoms with Crippen LogP contribution in [0.5, 0.6) is 0 Å². The van der Waals surface area contributed by atoms with Crippen LogP contribution in [0.3, 0.4) is 0 Å². The van der Waals surface area contributed by atoms with Crippen molar-refractivity contribution in [3.05, 3.63) is 87.9 Å². The molecule has 24 heavy (non-hydrogen) atoms. The first-order chi connectivity index (χ1) is 11.0. The zero-order chi connectivity index (χ0) is 16.4. The summed E-state index contributed by atoms with van der Waals surface area (Å²) in [4.78, 5) is 0. The number of rotatable bonds is 3. The zero-order valence-electron chi connectivity index (χ0n) is 12.9. The van der Waals surface area contributed by atoms with Gasteiger partial charge in [0.1, 0.15) is 23.2 Å². The smallest absolute Gasteiger partial charge is 0.109 e. The Bertz CT molecular complexity index is 737. The zero-order valence-corrected chi connectivity index (χ0v) is 16.8. The van der Waals surface area contributed by atoms with Gasteiger partial charge in [-0.15, -0.1) is 0 Å². The predicted octanol–water partition coefficient (Wildman–Crippen LogP) is 2.57. The number of hydrogen-bond donors (Lipinski definition) is 0. The Morgan fingerprint density at radius 3 is 1.12 bits per heavy atom. The number of hydrogen-bond acceptors (Lipinski definition) is 0. The standard InChI is InChI=1S/C19H15Cl3P.ClH/c1-23(17-8-2-5-14(20)11-17,18-9-3-6-15(21)12-18)19-10-4-7-16(22)13-19;/h2-13H,1H3;1H/q+1;/p-1. The molecule has 0 aliphatic heterocycles. The summed E-state index contributed by atoms with van der Waals surface area (Å²) in [7, 11) is -1.86. The summed E-state index contributed by atoms with van der Waals surface area (Å²) in [5.74, 6) is 0. The minimum Gasteiger partial charge on any atom is -1.00 e. The van der Waals surface area contributed by atoms with Crippen LogP contribution in [0.15, 0.2) is 72.8 Å². The molecule has 0 saturated carbocycles. The number of halogens is 4. The average molecular weight is 416 g/mol. The fourth-order valence-corrected chi connectivity index (χ4v) is 6.75. The van der Waals surface area contributed by atoms with Crippen molar-refractivity contribution in [2.45, 2.75) is 0 Å². The lowest BCUT2D eigenvalue weighted by Gasteiger charge is -2.23. The summed E-state index contributed by atoms with van der Waals surface area (Å²) < 4.78 is 0. The molecule has 0 fully saturated rings. The van der Waals surface area contributed by atoms with E-state index in [0.29, 0.717) is 0 Å². The van der Waals surface area contributed by atoms with Crippen LogP contribution < -0.4 is 28.3 Å². The van der Waals surface area contributed by atoms with Crippen LogP contribution in [0.2, 0.25) is 15.1 Å². The van der Waals surface area contributed by atoms with Gasteiger partial charge in [-0.1, -0.05) is 53.0 Å². The second-order valence-corrected chi connectivity index (χ2v) is 10.3. The molecule has 0 unspecified atom stereocenters. The van der Waals surface area contributed by atoms with E-state index in [-0.39, 0.29) is 12.4 Å². The molecule has 0 aliphatic carbocycles. The van der Waals surface area contributed by atoms with Crippen LogP contribution in [0, 0.1) is 0 Å². The molecule has 0 radical (unpaired) electrons. The lowest BCUT2D eigenvalue weighted by molar-refractivity contribution is -0.00000423. The van der Waals surface area contributed by atoms with Crippen LogP contribution in [0.1, 0.15) is 0 Å². The van der Waals surface area contributed by atoms with Crippen molar-refractivity contribution in [1.82, 2.24) is 0 Å². The Labute approximate surface area is 164 Å². The average Bonchev–Trinajstić information content (AvgIpc) is 2.54. The fraction of sp³-hybridized carbons (Fsp3) is 0.0526. The van der Waals surface area contributed by atoms with E-state index in [1.54, 1.807) is 0 Å². The lowest BCUT2D eigenvalue weighted by atomic mass is 10.3.